The van der Waals surface area contributed by atoms with Crippen LogP contribution >= 0.6 is 0 Å². The van der Waals surface area contributed by atoms with Crippen molar-refractivity contribution in [1.82, 2.24) is 4.90 Å². The van der Waals surface area contributed by atoms with Gasteiger partial charge in [-0.3, -0.25) is 9.59 Å². The molecule has 0 aliphatic rings. The molecule has 0 saturated heterocycles. The van der Waals surface area contributed by atoms with Crippen LogP contribution in [0.5, 0.6) is 0 Å². The van der Waals surface area contributed by atoms with Gasteiger partial charge < -0.3 is 10.2 Å². The van der Waals surface area contributed by atoms with Crippen molar-refractivity contribution in [2.24, 2.45) is 0 Å². The molecule has 0 atom stereocenters. The van der Waals surface area contributed by atoms with Crippen molar-refractivity contribution >= 4 is 17.5 Å². The number of alkyl halides is 3. The van der Waals surface area contributed by atoms with Crippen molar-refractivity contribution in [1.29, 1.82) is 0 Å². The maximum absolute atomic E-state index is 12.9. The number of nitrogens with zero attached hydrogens (tertiary/aromatic N) is 1. The number of carbonyl (C=O) groups is 2. The number of halogens is 4. The number of amides is 2. The lowest BCUT2D eigenvalue weighted by molar-refractivity contribution is -0.137. The Balaban J connectivity index is 1.94. The van der Waals surface area contributed by atoms with Gasteiger partial charge in [-0.25, -0.2) is 4.39 Å². The van der Waals surface area contributed by atoms with Crippen LogP contribution in [0.25, 0.3) is 0 Å². The molecule has 1 N–H and O–H groups in total. The highest BCUT2D eigenvalue weighted by molar-refractivity contribution is 5.91. The zero-order valence-corrected chi connectivity index (χ0v) is 14.5. The van der Waals surface area contributed by atoms with Crippen molar-refractivity contribution < 1.29 is 27.2 Å². The third-order valence-corrected chi connectivity index (χ3v) is 3.81. The molecule has 4 nitrogen and oxygen atoms in total. The molecule has 0 unspecified atom stereocenters. The summed E-state index contributed by atoms with van der Waals surface area (Å²) in [5.74, 6) is -1.18. The van der Waals surface area contributed by atoms with Crippen molar-refractivity contribution in [3.63, 3.8) is 0 Å². The second kappa shape index (κ2) is 8.66. The second-order valence-corrected chi connectivity index (χ2v) is 5.94. The second-order valence-electron chi connectivity index (χ2n) is 5.94. The molecule has 2 amide bonds. The lowest BCUT2D eigenvalue weighted by atomic mass is 10.2. The molecule has 2 aromatic carbocycles. The van der Waals surface area contributed by atoms with Crippen LogP contribution in [0, 0.1) is 5.82 Å². The van der Waals surface area contributed by atoms with E-state index >= 15 is 0 Å². The average molecular weight is 382 g/mol. The molecule has 0 aromatic heterocycles. The van der Waals surface area contributed by atoms with E-state index in [4.69, 9.17) is 0 Å². The first-order chi connectivity index (χ1) is 12.6. The van der Waals surface area contributed by atoms with Crippen LogP contribution in [0.3, 0.4) is 0 Å². The van der Waals surface area contributed by atoms with E-state index in [1.807, 2.05) is 0 Å². The Morgan fingerprint density at radius 2 is 1.74 bits per heavy atom. The quantitative estimate of drug-likeness (QED) is 0.761. The number of nitrogens with one attached hydrogen (secondary N) is 1. The fourth-order valence-electron chi connectivity index (χ4n) is 2.39. The summed E-state index contributed by atoms with van der Waals surface area (Å²) in [5, 5.41) is 2.39. The van der Waals surface area contributed by atoms with E-state index in [0.29, 0.717) is 5.56 Å². The first kappa shape index (κ1) is 20.4. The summed E-state index contributed by atoms with van der Waals surface area (Å²) in [6, 6.07) is 9.93. The van der Waals surface area contributed by atoms with Gasteiger partial charge in [0, 0.05) is 32.1 Å². The van der Waals surface area contributed by atoms with Crippen LogP contribution < -0.4 is 5.32 Å². The van der Waals surface area contributed by atoms with Crippen molar-refractivity contribution in [2.45, 2.75) is 26.1 Å². The van der Waals surface area contributed by atoms with Gasteiger partial charge in [0.15, 0.2) is 0 Å². The standard InChI is InChI=1S/C19H18F4N2O2/c1-13(26)25(12-14-5-7-16(20)8-6-14)10-9-18(27)24-17-4-2-3-15(11-17)19(21,22)23/h2-8,11H,9-10,12H2,1H3,(H,24,27). The average Bonchev–Trinajstić information content (AvgIpc) is 2.59. The first-order valence-corrected chi connectivity index (χ1v) is 8.12. The van der Waals surface area contributed by atoms with Gasteiger partial charge in [0.05, 0.1) is 5.56 Å². The zero-order chi connectivity index (χ0) is 20.0. The summed E-state index contributed by atoms with van der Waals surface area (Å²) in [5.41, 5.74) is -0.130. The van der Waals surface area contributed by atoms with Gasteiger partial charge in [-0.05, 0) is 35.9 Å². The van der Waals surface area contributed by atoms with E-state index in [0.717, 1.165) is 12.1 Å². The number of anilines is 1. The smallest absolute Gasteiger partial charge is 0.338 e. The molecule has 8 heteroatoms. The molecule has 0 radical (unpaired) electrons. The molecule has 0 aliphatic heterocycles. The molecule has 2 rings (SSSR count). The summed E-state index contributed by atoms with van der Waals surface area (Å²) in [4.78, 5) is 25.2. The number of benzene rings is 2. The Kier molecular flexibility index (Phi) is 6.55. The van der Waals surface area contributed by atoms with E-state index in [1.165, 1.54) is 48.2 Å². The first-order valence-electron chi connectivity index (χ1n) is 8.12. The summed E-state index contributed by atoms with van der Waals surface area (Å²) in [7, 11) is 0. The third kappa shape index (κ3) is 6.40. The number of hydrogen-bond donors (Lipinski definition) is 1. The highest BCUT2D eigenvalue weighted by Crippen LogP contribution is 2.30. The molecule has 0 heterocycles. The van der Waals surface area contributed by atoms with Crippen molar-refractivity contribution in [3.05, 3.63) is 65.5 Å². The van der Waals surface area contributed by atoms with Gasteiger partial charge in [-0.1, -0.05) is 18.2 Å². The topological polar surface area (TPSA) is 49.4 Å². The van der Waals surface area contributed by atoms with E-state index in [1.54, 1.807) is 0 Å². The van der Waals surface area contributed by atoms with Crippen LogP contribution in [0.15, 0.2) is 48.5 Å². The lowest BCUT2D eigenvalue weighted by Crippen LogP contribution is -2.31. The predicted molar refractivity (Wildman–Crippen MR) is 92.2 cm³/mol. The molecule has 0 aliphatic carbocycles. The van der Waals surface area contributed by atoms with E-state index < -0.39 is 23.5 Å². The third-order valence-electron chi connectivity index (χ3n) is 3.81. The zero-order valence-electron chi connectivity index (χ0n) is 14.5. The van der Waals surface area contributed by atoms with Crippen molar-refractivity contribution in [2.75, 3.05) is 11.9 Å². The molecular formula is C19H18F4N2O2. The summed E-state index contributed by atoms with van der Waals surface area (Å²) >= 11 is 0. The normalized spacial score (nSPS) is 11.1. The van der Waals surface area contributed by atoms with Crippen LogP contribution in [-0.4, -0.2) is 23.3 Å². The van der Waals surface area contributed by atoms with E-state index in [-0.39, 0.29) is 31.1 Å². The van der Waals surface area contributed by atoms with Crippen LogP contribution in [0.4, 0.5) is 23.2 Å². The molecular weight excluding hydrogens is 364 g/mol. The van der Waals surface area contributed by atoms with Gasteiger partial charge in [-0.15, -0.1) is 0 Å². The van der Waals surface area contributed by atoms with Gasteiger partial charge in [0.2, 0.25) is 11.8 Å². The van der Waals surface area contributed by atoms with E-state index in [2.05, 4.69) is 5.32 Å². The SMILES string of the molecule is CC(=O)N(CCC(=O)Nc1cccc(C(F)(F)F)c1)Cc1ccc(F)cc1. The molecule has 2 aromatic rings. The molecule has 144 valence electrons. The monoisotopic (exact) mass is 382 g/mol. The molecule has 0 spiro atoms. The summed E-state index contributed by atoms with van der Waals surface area (Å²) in [6.45, 7) is 1.62. The Hall–Kier alpha value is -2.90. The Bertz CT molecular complexity index is 804. The maximum Gasteiger partial charge on any atom is 0.416 e. The summed E-state index contributed by atoms with van der Waals surface area (Å²) < 4.78 is 51.0. The maximum atomic E-state index is 12.9. The van der Waals surface area contributed by atoms with Gasteiger partial charge in [0.25, 0.3) is 0 Å². The minimum absolute atomic E-state index is 0.0303. The van der Waals surface area contributed by atoms with Gasteiger partial charge >= 0.3 is 6.18 Å². The van der Waals surface area contributed by atoms with Crippen LogP contribution in [0.1, 0.15) is 24.5 Å². The molecule has 27 heavy (non-hydrogen) atoms. The molecule has 0 fully saturated rings. The van der Waals surface area contributed by atoms with E-state index in [9.17, 15) is 27.2 Å². The minimum Gasteiger partial charge on any atom is -0.338 e. The minimum atomic E-state index is -4.50. The van der Waals surface area contributed by atoms with Gasteiger partial charge in [-0.2, -0.15) is 13.2 Å². The highest BCUT2D eigenvalue weighted by atomic mass is 19.4. The lowest BCUT2D eigenvalue weighted by Gasteiger charge is -2.21. The predicted octanol–water partition coefficient (Wildman–Crippen LogP) is 4.22. The molecule has 0 saturated carbocycles. The number of rotatable bonds is 6. The summed E-state index contributed by atoms with van der Waals surface area (Å²) in [6.07, 6.45) is -4.58. The van der Waals surface area contributed by atoms with Crippen LogP contribution in [-0.2, 0) is 22.3 Å². The largest absolute Gasteiger partial charge is 0.416 e. The van der Waals surface area contributed by atoms with Crippen molar-refractivity contribution in [3.8, 4) is 0 Å². The Morgan fingerprint density at radius 3 is 2.33 bits per heavy atom. The highest BCUT2D eigenvalue weighted by Gasteiger charge is 2.30. The van der Waals surface area contributed by atoms with Crippen LogP contribution in [0.2, 0.25) is 0 Å². The Labute approximate surface area is 153 Å². The Morgan fingerprint density at radius 1 is 1.07 bits per heavy atom. The molecule has 0 bridgehead atoms. The van der Waals surface area contributed by atoms with Gasteiger partial charge in [0.1, 0.15) is 5.82 Å². The fourth-order valence-corrected chi connectivity index (χ4v) is 2.39. The number of carbonyl (C=O) groups excluding carboxylic acids is 2. The fraction of sp³-hybridized carbons (Fsp3) is 0.263. The number of hydrogen-bond acceptors (Lipinski definition) is 2.